The molecule has 1 radical (unpaired) electrons. The third-order valence-electron chi connectivity index (χ3n) is 1.65. The zero-order chi connectivity index (χ0) is 9.19. The van der Waals surface area contributed by atoms with Crippen LogP contribution >= 0.6 is 0 Å². The Labute approximate surface area is 67.8 Å². The minimum Gasteiger partial charge on any atom is -0.394 e. The molecular weight excluding hydrogens is 166 g/mol. The van der Waals surface area contributed by atoms with Crippen LogP contribution in [0.5, 0.6) is 0 Å². The molecule has 0 amide bonds. The summed E-state index contributed by atoms with van der Waals surface area (Å²) in [6, 6.07) is 0. The normalized spacial score (nSPS) is 40.9. The highest BCUT2D eigenvalue weighted by atomic mass is 16.5. The Balaban J connectivity index is 2.87. The molecule has 0 unspecified atom stereocenters. The van der Waals surface area contributed by atoms with Crippen LogP contribution < -0.4 is 0 Å². The van der Waals surface area contributed by atoms with E-state index in [1.165, 1.54) is 0 Å². The summed E-state index contributed by atoms with van der Waals surface area (Å²) in [5.41, 5.74) is 5.97. The molecule has 0 saturated carbocycles. The minimum absolute atomic E-state index is 0.539. The lowest BCUT2D eigenvalue weighted by molar-refractivity contribution is -0.0870. The summed E-state index contributed by atoms with van der Waals surface area (Å²) >= 11 is 0. The summed E-state index contributed by atoms with van der Waals surface area (Å²) in [6.07, 6.45) is -2.52. The number of nitrogens with zero attached hydrogens (tertiary/aromatic N) is 3. The third kappa shape index (κ3) is 1.24. The van der Waals surface area contributed by atoms with Crippen LogP contribution in [-0.2, 0) is 4.74 Å². The molecule has 67 valence electrons. The first-order valence-corrected chi connectivity index (χ1v) is 3.21. The van der Waals surface area contributed by atoms with E-state index in [2.05, 4.69) is 14.8 Å². The van der Waals surface area contributed by atoms with Crippen LogP contribution in [-0.4, -0.2) is 39.9 Å². The van der Waals surface area contributed by atoms with Gasteiger partial charge in [0.2, 0.25) is 5.72 Å². The maximum atomic E-state index is 9.43. The molecule has 0 aromatic heterocycles. The molecule has 1 heterocycles. The maximum Gasteiger partial charge on any atom is 0.200 e. The van der Waals surface area contributed by atoms with E-state index in [9.17, 15) is 5.11 Å². The van der Waals surface area contributed by atoms with Crippen molar-refractivity contribution < 1.29 is 20.1 Å². The van der Waals surface area contributed by atoms with Crippen molar-refractivity contribution in [3.63, 3.8) is 0 Å². The first kappa shape index (κ1) is 9.24. The molecule has 1 aliphatic heterocycles. The Kier molecular flexibility index (Phi) is 2.51. The van der Waals surface area contributed by atoms with E-state index < -0.39 is 24.5 Å². The highest BCUT2D eigenvalue weighted by Gasteiger charge is 2.49. The number of azide groups is 1. The van der Waals surface area contributed by atoms with Crippen molar-refractivity contribution in [1.82, 2.24) is 0 Å². The van der Waals surface area contributed by atoms with Crippen LogP contribution in [0.2, 0.25) is 0 Å². The van der Waals surface area contributed by atoms with E-state index in [1.54, 1.807) is 0 Å². The second-order valence-electron chi connectivity index (χ2n) is 2.36. The van der Waals surface area contributed by atoms with Crippen molar-refractivity contribution in [2.24, 2.45) is 5.11 Å². The first-order valence-electron chi connectivity index (χ1n) is 3.21. The molecule has 1 aliphatic rings. The molecule has 0 aromatic carbocycles. The molecule has 3 N–H and O–H groups in total. The molecular formula is C5H8N3O4. The van der Waals surface area contributed by atoms with Gasteiger partial charge in [0.15, 0.2) is 0 Å². The third-order valence-corrected chi connectivity index (χ3v) is 1.65. The quantitative estimate of drug-likeness (QED) is 0.279. The van der Waals surface area contributed by atoms with E-state index in [4.69, 9.17) is 15.7 Å². The fraction of sp³-hybridized carbons (Fsp3) is 0.800. The van der Waals surface area contributed by atoms with E-state index in [-0.39, 0.29) is 0 Å². The van der Waals surface area contributed by atoms with Crippen LogP contribution in [0.25, 0.3) is 10.4 Å². The number of rotatable bonds is 2. The van der Waals surface area contributed by atoms with E-state index >= 15 is 0 Å². The van der Waals surface area contributed by atoms with Crippen LogP contribution in [0.3, 0.4) is 0 Å². The molecule has 3 atom stereocenters. The zero-order valence-electron chi connectivity index (χ0n) is 6.03. The lowest BCUT2D eigenvalue weighted by Gasteiger charge is -2.23. The molecule has 1 rings (SSSR count). The molecule has 7 heteroatoms. The van der Waals surface area contributed by atoms with Gasteiger partial charge in [-0.05, 0) is 5.53 Å². The second-order valence-corrected chi connectivity index (χ2v) is 2.36. The number of hydrogen-bond donors (Lipinski definition) is 3. The fourth-order valence-corrected chi connectivity index (χ4v) is 0.933. The van der Waals surface area contributed by atoms with Gasteiger partial charge < -0.3 is 20.1 Å². The van der Waals surface area contributed by atoms with Gasteiger partial charge in [-0.2, -0.15) is 0 Å². The number of aliphatic hydroxyl groups excluding tert-OH is 2. The Hall–Kier alpha value is -0.850. The summed E-state index contributed by atoms with van der Waals surface area (Å²) in [4.78, 5) is 2.34. The smallest absolute Gasteiger partial charge is 0.200 e. The van der Waals surface area contributed by atoms with Crippen molar-refractivity contribution in [1.29, 1.82) is 0 Å². The standard InChI is InChI=1S/C5H8N3O4/c6-8-7-5(11)3(10)2-12-4(5)1-9/h2-4,9-11H,1H2/t3-,4+,5-/m0/s1. The zero-order valence-corrected chi connectivity index (χ0v) is 6.03. The van der Waals surface area contributed by atoms with Crippen molar-refractivity contribution >= 4 is 0 Å². The van der Waals surface area contributed by atoms with Gasteiger partial charge in [0.05, 0.1) is 6.61 Å². The van der Waals surface area contributed by atoms with Gasteiger partial charge in [-0.15, -0.1) is 0 Å². The molecule has 0 spiro atoms. The number of aliphatic hydroxyl groups is 3. The SMILES string of the molecule is [N-]=[N+]=N[C@]1(O)[C@@H](O)[CH]O[C@@H]1CO. The lowest BCUT2D eigenvalue weighted by Crippen LogP contribution is -2.46. The fourth-order valence-electron chi connectivity index (χ4n) is 0.933. The van der Waals surface area contributed by atoms with E-state index in [0.717, 1.165) is 6.61 Å². The summed E-state index contributed by atoms with van der Waals surface area (Å²) in [5, 5.41) is 30.1. The molecule has 0 aliphatic carbocycles. The molecule has 0 bridgehead atoms. The average molecular weight is 174 g/mol. The lowest BCUT2D eigenvalue weighted by atomic mass is 10.1. The van der Waals surface area contributed by atoms with Crippen LogP contribution in [0.15, 0.2) is 5.11 Å². The predicted octanol–water partition coefficient (Wildman–Crippen LogP) is -1.10. The van der Waals surface area contributed by atoms with Crippen LogP contribution in [0.1, 0.15) is 0 Å². The summed E-state index contributed by atoms with van der Waals surface area (Å²) in [7, 11) is 0. The largest absolute Gasteiger partial charge is 0.394 e. The highest BCUT2D eigenvalue weighted by Crippen LogP contribution is 2.30. The predicted molar refractivity (Wildman–Crippen MR) is 36.4 cm³/mol. The number of hydrogen-bond acceptors (Lipinski definition) is 5. The van der Waals surface area contributed by atoms with Gasteiger partial charge in [0.25, 0.3) is 0 Å². The Morgan fingerprint density at radius 2 is 2.42 bits per heavy atom. The first-order chi connectivity index (χ1) is 5.65. The van der Waals surface area contributed by atoms with Gasteiger partial charge in [0, 0.05) is 4.91 Å². The van der Waals surface area contributed by atoms with Gasteiger partial charge in [0.1, 0.15) is 18.8 Å². The van der Waals surface area contributed by atoms with Gasteiger partial charge in [-0.3, -0.25) is 0 Å². The topological polar surface area (TPSA) is 119 Å². The van der Waals surface area contributed by atoms with Gasteiger partial charge >= 0.3 is 0 Å². The van der Waals surface area contributed by atoms with Gasteiger partial charge in [-0.1, -0.05) is 5.11 Å². The van der Waals surface area contributed by atoms with Crippen LogP contribution in [0, 0.1) is 6.61 Å². The Bertz CT molecular complexity index is 217. The molecule has 12 heavy (non-hydrogen) atoms. The van der Waals surface area contributed by atoms with Crippen molar-refractivity contribution in [3.8, 4) is 0 Å². The number of ether oxygens (including phenoxy) is 1. The second kappa shape index (κ2) is 3.26. The van der Waals surface area contributed by atoms with E-state index in [1.807, 2.05) is 0 Å². The Morgan fingerprint density at radius 1 is 1.75 bits per heavy atom. The average Bonchev–Trinajstić information content (AvgIpc) is 2.30. The van der Waals surface area contributed by atoms with E-state index in [0.29, 0.717) is 0 Å². The molecule has 0 aromatic rings. The summed E-state index contributed by atoms with van der Waals surface area (Å²) in [6.45, 7) is 0.374. The molecule has 1 saturated heterocycles. The van der Waals surface area contributed by atoms with Crippen LogP contribution in [0.4, 0.5) is 0 Å². The molecule has 7 nitrogen and oxygen atoms in total. The van der Waals surface area contributed by atoms with Gasteiger partial charge in [-0.25, -0.2) is 0 Å². The maximum absolute atomic E-state index is 9.43. The summed E-state index contributed by atoms with van der Waals surface area (Å²) in [5.74, 6) is 0. The highest BCUT2D eigenvalue weighted by molar-refractivity contribution is 5.01. The Morgan fingerprint density at radius 3 is 2.92 bits per heavy atom. The van der Waals surface area contributed by atoms with Crippen molar-refractivity contribution in [2.75, 3.05) is 6.61 Å². The monoisotopic (exact) mass is 174 g/mol. The minimum atomic E-state index is -2.09. The summed E-state index contributed by atoms with van der Waals surface area (Å²) < 4.78 is 4.64. The van der Waals surface area contributed by atoms with Crippen molar-refractivity contribution in [2.45, 2.75) is 17.9 Å². The van der Waals surface area contributed by atoms with Crippen molar-refractivity contribution in [3.05, 3.63) is 17.0 Å². The molecule has 1 fully saturated rings.